The van der Waals surface area contributed by atoms with Gasteiger partial charge >= 0.3 is 0 Å². The Hall–Kier alpha value is -2.19. The summed E-state index contributed by atoms with van der Waals surface area (Å²) in [5.74, 6) is 0.0303. The summed E-state index contributed by atoms with van der Waals surface area (Å²) < 4.78 is 29.1. The number of hydrogen-bond acceptors (Lipinski definition) is 4. The molecule has 0 spiro atoms. The molecule has 8 heteroatoms. The zero-order valence-electron chi connectivity index (χ0n) is 15.4. The van der Waals surface area contributed by atoms with Crippen molar-refractivity contribution in [3.63, 3.8) is 0 Å². The summed E-state index contributed by atoms with van der Waals surface area (Å²) in [5.41, 5.74) is 1.16. The number of carbonyl (C=O) groups is 1. The van der Waals surface area contributed by atoms with E-state index >= 15 is 0 Å². The number of hydrogen-bond donors (Lipinski definition) is 0. The fourth-order valence-corrected chi connectivity index (χ4v) is 5.54. The van der Waals surface area contributed by atoms with Crippen molar-refractivity contribution in [2.24, 2.45) is 5.92 Å². The lowest BCUT2D eigenvalue weighted by Gasteiger charge is -2.39. The van der Waals surface area contributed by atoms with E-state index in [2.05, 4.69) is 28.7 Å². The second-order valence-corrected chi connectivity index (χ2v) is 9.14. The van der Waals surface area contributed by atoms with Gasteiger partial charge in [0.2, 0.25) is 15.9 Å². The molecule has 1 atom stereocenters. The Balaban J connectivity index is 1.42. The van der Waals surface area contributed by atoms with Crippen LogP contribution >= 0.6 is 0 Å². The number of sulfonamides is 1. The van der Waals surface area contributed by atoms with Crippen molar-refractivity contribution in [2.75, 3.05) is 19.6 Å². The lowest BCUT2D eigenvalue weighted by atomic mass is 9.95. The minimum absolute atomic E-state index is 0.0541. The van der Waals surface area contributed by atoms with E-state index in [1.165, 1.54) is 10.5 Å². The van der Waals surface area contributed by atoms with Crippen molar-refractivity contribution >= 4 is 15.9 Å². The molecule has 0 radical (unpaired) electrons. The number of carbonyl (C=O) groups excluding carboxylic acids is 1. The van der Waals surface area contributed by atoms with E-state index in [4.69, 9.17) is 0 Å². The van der Waals surface area contributed by atoms with Crippen LogP contribution in [0.25, 0.3) is 0 Å². The minimum Gasteiger partial charge on any atom is -0.348 e. The molecule has 7 nitrogen and oxygen atoms in total. The number of aromatic nitrogens is 2. The standard InChI is InChI=1S/C19H24N4O3S/c1-15-18-5-3-9-21(18)12-13-23(15)19(24)16-6-10-22(11-7-16)27(25,26)17-4-2-8-20-14-17/h2-5,8-9,14-16H,6-7,10-13H2,1H3. The van der Waals surface area contributed by atoms with E-state index in [-0.39, 0.29) is 22.8 Å². The van der Waals surface area contributed by atoms with Crippen LogP contribution in [0.3, 0.4) is 0 Å². The molecule has 2 aliphatic heterocycles. The molecule has 0 aliphatic carbocycles. The summed E-state index contributed by atoms with van der Waals surface area (Å²) in [7, 11) is -3.54. The molecule has 1 unspecified atom stereocenters. The van der Waals surface area contributed by atoms with Gasteiger partial charge in [-0.15, -0.1) is 0 Å². The van der Waals surface area contributed by atoms with Crippen LogP contribution in [0.15, 0.2) is 47.8 Å². The minimum atomic E-state index is -3.54. The van der Waals surface area contributed by atoms with Crippen molar-refractivity contribution < 1.29 is 13.2 Å². The van der Waals surface area contributed by atoms with Gasteiger partial charge in [0.05, 0.1) is 6.04 Å². The Kier molecular flexibility index (Phi) is 4.77. The van der Waals surface area contributed by atoms with Crippen molar-refractivity contribution in [1.29, 1.82) is 0 Å². The third kappa shape index (κ3) is 3.27. The molecule has 2 aromatic heterocycles. The molecule has 0 bridgehead atoms. The lowest BCUT2D eigenvalue weighted by molar-refractivity contribution is -0.140. The smallest absolute Gasteiger partial charge is 0.244 e. The number of amides is 1. The molecular weight excluding hydrogens is 364 g/mol. The summed E-state index contributed by atoms with van der Waals surface area (Å²) in [6.45, 7) is 4.31. The number of piperidine rings is 1. The lowest BCUT2D eigenvalue weighted by Crippen LogP contribution is -2.47. The van der Waals surface area contributed by atoms with Gasteiger partial charge in [0.25, 0.3) is 0 Å². The number of nitrogens with zero attached hydrogens (tertiary/aromatic N) is 4. The van der Waals surface area contributed by atoms with Crippen molar-refractivity contribution in [3.05, 3.63) is 48.5 Å². The van der Waals surface area contributed by atoms with E-state index in [0.717, 1.165) is 12.2 Å². The molecule has 4 heterocycles. The molecule has 1 fully saturated rings. The third-order valence-electron chi connectivity index (χ3n) is 5.70. The van der Waals surface area contributed by atoms with E-state index in [1.54, 1.807) is 18.3 Å². The molecule has 2 aromatic rings. The van der Waals surface area contributed by atoms with Crippen molar-refractivity contribution in [1.82, 2.24) is 18.8 Å². The van der Waals surface area contributed by atoms with Crippen LogP contribution in [0.2, 0.25) is 0 Å². The SMILES string of the molecule is CC1c2cccn2CCN1C(=O)C1CCN(S(=O)(=O)c2cccnc2)CC1. The summed E-state index contributed by atoms with van der Waals surface area (Å²) in [6.07, 6.45) is 6.10. The summed E-state index contributed by atoms with van der Waals surface area (Å²) in [4.78, 5) is 19.1. The van der Waals surface area contributed by atoms with Crippen LogP contribution in [0, 0.1) is 5.92 Å². The number of rotatable bonds is 3. The Bertz CT molecular complexity index is 917. The predicted octanol–water partition coefficient (Wildman–Crippen LogP) is 1.89. The molecule has 1 amide bonds. The third-order valence-corrected chi connectivity index (χ3v) is 7.58. The quantitative estimate of drug-likeness (QED) is 0.805. The van der Waals surface area contributed by atoms with Gasteiger partial charge in [0.15, 0.2) is 0 Å². The molecule has 27 heavy (non-hydrogen) atoms. The fraction of sp³-hybridized carbons (Fsp3) is 0.474. The van der Waals surface area contributed by atoms with Gasteiger partial charge in [-0.25, -0.2) is 8.42 Å². The highest BCUT2D eigenvalue weighted by Crippen LogP contribution is 2.30. The highest BCUT2D eigenvalue weighted by Gasteiger charge is 2.36. The van der Waals surface area contributed by atoms with Crippen LogP contribution < -0.4 is 0 Å². The molecule has 2 aliphatic rings. The molecular formula is C19H24N4O3S. The van der Waals surface area contributed by atoms with E-state index in [0.29, 0.717) is 32.5 Å². The first-order valence-corrected chi connectivity index (χ1v) is 10.8. The zero-order valence-corrected chi connectivity index (χ0v) is 16.2. The Morgan fingerprint density at radius 1 is 1.11 bits per heavy atom. The summed E-state index contributed by atoms with van der Waals surface area (Å²) in [5, 5.41) is 0. The first-order chi connectivity index (χ1) is 13.0. The van der Waals surface area contributed by atoms with Gasteiger partial charge in [-0.1, -0.05) is 0 Å². The van der Waals surface area contributed by atoms with Crippen LogP contribution in [0.4, 0.5) is 0 Å². The van der Waals surface area contributed by atoms with E-state index < -0.39 is 10.0 Å². The van der Waals surface area contributed by atoms with Crippen LogP contribution in [-0.4, -0.2) is 52.7 Å². The summed E-state index contributed by atoms with van der Waals surface area (Å²) >= 11 is 0. The molecule has 4 rings (SSSR count). The predicted molar refractivity (Wildman–Crippen MR) is 100 cm³/mol. The normalized spacial score (nSPS) is 21.8. The second kappa shape index (κ2) is 7.09. The van der Waals surface area contributed by atoms with Gasteiger partial charge in [0.1, 0.15) is 4.90 Å². The van der Waals surface area contributed by atoms with Crippen LogP contribution in [-0.2, 0) is 21.4 Å². The summed E-state index contributed by atoms with van der Waals surface area (Å²) in [6, 6.07) is 7.31. The maximum Gasteiger partial charge on any atom is 0.244 e. The van der Waals surface area contributed by atoms with Crippen LogP contribution in [0.1, 0.15) is 31.5 Å². The Morgan fingerprint density at radius 2 is 1.89 bits per heavy atom. The van der Waals surface area contributed by atoms with Gasteiger partial charge in [-0.2, -0.15) is 4.31 Å². The monoisotopic (exact) mass is 388 g/mol. The Labute approximate surface area is 159 Å². The maximum absolute atomic E-state index is 13.1. The highest BCUT2D eigenvalue weighted by molar-refractivity contribution is 7.89. The van der Waals surface area contributed by atoms with E-state index in [9.17, 15) is 13.2 Å². The average molecular weight is 388 g/mol. The fourth-order valence-electron chi connectivity index (χ4n) is 4.11. The number of pyridine rings is 1. The van der Waals surface area contributed by atoms with Crippen molar-refractivity contribution in [3.8, 4) is 0 Å². The van der Waals surface area contributed by atoms with Crippen LogP contribution in [0.5, 0.6) is 0 Å². The molecule has 1 saturated heterocycles. The molecule has 144 valence electrons. The van der Waals surface area contributed by atoms with Gasteiger partial charge in [-0.05, 0) is 44.0 Å². The van der Waals surface area contributed by atoms with Gasteiger partial charge < -0.3 is 9.47 Å². The Morgan fingerprint density at radius 3 is 2.59 bits per heavy atom. The maximum atomic E-state index is 13.1. The second-order valence-electron chi connectivity index (χ2n) is 7.20. The molecule has 0 N–H and O–H groups in total. The van der Waals surface area contributed by atoms with Gasteiger partial charge in [0, 0.05) is 56.4 Å². The topological polar surface area (TPSA) is 75.5 Å². The number of fused-ring (bicyclic) bond motifs is 1. The van der Waals surface area contributed by atoms with Crippen molar-refractivity contribution in [2.45, 2.75) is 37.2 Å². The highest BCUT2D eigenvalue weighted by atomic mass is 32.2. The zero-order chi connectivity index (χ0) is 19.0. The van der Waals surface area contributed by atoms with E-state index in [1.807, 2.05) is 11.0 Å². The van der Waals surface area contributed by atoms with Gasteiger partial charge in [-0.3, -0.25) is 9.78 Å². The largest absolute Gasteiger partial charge is 0.348 e. The molecule has 0 saturated carbocycles. The first-order valence-electron chi connectivity index (χ1n) is 9.34. The average Bonchev–Trinajstić information content (AvgIpc) is 3.18. The first kappa shape index (κ1) is 18.2. The molecule has 0 aromatic carbocycles.